The smallest absolute Gasteiger partial charge is 0.310 e. The quantitative estimate of drug-likeness (QED) is 0.676. The van der Waals surface area contributed by atoms with Crippen molar-refractivity contribution in [3.8, 4) is 5.88 Å². The van der Waals surface area contributed by atoms with E-state index in [1.165, 1.54) is 13.2 Å². The molecule has 1 heterocycles. The van der Waals surface area contributed by atoms with Crippen LogP contribution in [0.25, 0.3) is 0 Å². The van der Waals surface area contributed by atoms with E-state index in [0.717, 1.165) is 5.56 Å². The number of methoxy groups -OCH3 is 1. The predicted molar refractivity (Wildman–Crippen MR) is 76.2 cm³/mol. The first kappa shape index (κ1) is 14.1. The predicted octanol–water partition coefficient (Wildman–Crippen LogP) is 3.26. The number of hydrogen-bond acceptors (Lipinski definition) is 5. The van der Waals surface area contributed by atoms with E-state index in [2.05, 4.69) is 10.3 Å². The summed E-state index contributed by atoms with van der Waals surface area (Å²) in [6.07, 6.45) is 1.64. The minimum atomic E-state index is -0.503. The van der Waals surface area contributed by atoms with E-state index in [4.69, 9.17) is 16.3 Å². The normalized spacial score (nSPS) is 10.1. The van der Waals surface area contributed by atoms with Gasteiger partial charge >= 0.3 is 5.69 Å². The number of anilines is 1. The summed E-state index contributed by atoms with van der Waals surface area (Å²) in [5.74, 6) is 0.516. The molecule has 0 amide bonds. The number of pyridine rings is 1. The number of rotatable bonds is 5. The average Bonchev–Trinajstić information content (AvgIpc) is 2.45. The van der Waals surface area contributed by atoms with E-state index in [1.807, 2.05) is 6.07 Å². The zero-order valence-corrected chi connectivity index (χ0v) is 11.4. The molecule has 0 fully saturated rings. The third-order valence-corrected chi connectivity index (χ3v) is 2.96. The summed E-state index contributed by atoms with van der Waals surface area (Å²) in [6, 6.07) is 8.31. The van der Waals surface area contributed by atoms with E-state index < -0.39 is 4.92 Å². The first-order valence-corrected chi connectivity index (χ1v) is 6.15. The van der Waals surface area contributed by atoms with Crippen molar-refractivity contribution in [1.29, 1.82) is 0 Å². The molecule has 1 N–H and O–H groups in total. The SMILES string of the molecule is COc1ccc(CNc2cccc(Cl)c2[N+](=O)[O-])cn1. The molecule has 2 aromatic rings. The highest BCUT2D eigenvalue weighted by atomic mass is 35.5. The zero-order valence-electron chi connectivity index (χ0n) is 10.7. The van der Waals surface area contributed by atoms with Crippen LogP contribution in [-0.4, -0.2) is 17.0 Å². The van der Waals surface area contributed by atoms with Gasteiger partial charge in [-0.15, -0.1) is 0 Å². The molecular formula is C13H12ClN3O3. The number of ether oxygens (including phenoxy) is 1. The van der Waals surface area contributed by atoms with Crippen molar-refractivity contribution in [2.45, 2.75) is 6.54 Å². The fraction of sp³-hybridized carbons (Fsp3) is 0.154. The van der Waals surface area contributed by atoms with E-state index in [0.29, 0.717) is 18.1 Å². The van der Waals surface area contributed by atoms with Gasteiger partial charge in [-0.05, 0) is 17.7 Å². The van der Waals surface area contributed by atoms with Gasteiger partial charge in [0, 0.05) is 18.8 Å². The topological polar surface area (TPSA) is 77.3 Å². The minimum absolute atomic E-state index is 0.104. The molecule has 7 heteroatoms. The van der Waals surface area contributed by atoms with Gasteiger partial charge in [0.2, 0.25) is 5.88 Å². The van der Waals surface area contributed by atoms with Crippen LogP contribution in [0, 0.1) is 10.1 Å². The molecule has 0 bridgehead atoms. The summed E-state index contributed by atoms with van der Waals surface area (Å²) in [4.78, 5) is 14.5. The largest absolute Gasteiger partial charge is 0.481 e. The molecule has 2 rings (SSSR count). The van der Waals surface area contributed by atoms with E-state index >= 15 is 0 Å². The molecule has 20 heavy (non-hydrogen) atoms. The number of nitro benzene ring substituents is 1. The molecule has 0 unspecified atom stereocenters. The average molecular weight is 294 g/mol. The monoisotopic (exact) mass is 293 g/mol. The zero-order chi connectivity index (χ0) is 14.5. The van der Waals surface area contributed by atoms with Crippen LogP contribution in [0.15, 0.2) is 36.5 Å². The number of benzene rings is 1. The lowest BCUT2D eigenvalue weighted by Gasteiger charge is -2.08. The molecule has 6 nitrogen and oxygen atoms in total. The number of para-hydroxylation sites is 1. The molecule has 104 valence electrons. The van der Waals surface area contributed by atoms with Crippen molar-refractivity contribution in [2.75, 3.05) is 12.4 Å². The van der Waals surface area contributed by atoms with Gasteiger partial charge in [0.25, 0.3) is 0 Å². The highest BCUT2D eigenvalue weighted by Gasteiger charge is 2.17. The molecule has 0 aliphatic carbocycles. The van der Waals surface area contributed by atoms with Crippen molar-refractivity contribution < 1.29 is 9.66 Å². The summed E-state index contributed by atoms with van der Waals surface area (Å²) >= 11 is 5.84. The number of aromatic nitrogens is 1. The van der Waals surface area contributed by atoms with Gasteiger partial charge in [0.05, 0.1) is 12.0 Å². The first-order valence-electron chi connectivity index (χ1n) is 5.77. The summed E-state index contributed by atoms with van der Waals surface area (Å²) in [5, 5.41) is 14.1. The Morgan fingerprint density at radius 3 is 2.80 bits per heavy atom. The second-order valence-electron chi connectivity index (χ2n) is 3.96. The Hall–Kier alpha value is -2.34. The Kier molecular flexibility index (Phi) is 4.37. The molecule has 0 aliphatic heterocycles. The van der Waals surface area contributed by atoms with Crippen LogP contribution in [0.5, 0.6) is 5.88 Å². The molecule has 1 aromatic carbocycles. The van der Waals surface area contributed by atoms with E-state index in [9.17, 15) is 10.1 Å². The summed E-state index contributed by atoms with van der Waals surface area (Å²) < 4.78 is 4.96. The van der Waals surface area contributed by atoms with Gasteiger partial charge < -0.3 is 10.1 Å². The summed E-state index contributed by atoms with van der Waals surface area (Å²) in [6.45, 7) is 0.401. The van der Waals surface area contributed by atoms with Crippen LogP contribution in [0.4, 0.5) is 11.4 Å². The Morgan fingerprint density at radius 1 is 1.40 bits per heavy atom. The Morgan fingerprint density at radius 2 is 2.20 bits per heavy atom. The molecule has 1 aromatic heterocycles. The molecule has 0 saturated carbocycles. The lowest BCUT2D eigenvalue weighted by atomic mass is 10.2. The van der Waals surface area contributed by atoms with Gasteiger partial charge in [0.15, 0.2) is 0 Å². The van der Waals surface area contributed by atoms with Crippen LogP contribution in [0.2, 0.25) is 5.02 Å². The fourth-order valence-electron chi connectivity index (χ4n) is 1.68. The molecule has 0 saturated heterocycles. The number of nitrogens with one attached hydrogen (secondary N) is 1. The number of halogens is 1. The van der Waals surface area contributed by atoms with Crippen LogP contribution in [0.3, 0.4) is 0 Å². The van der Waals surface area contributed by atoms with Crippen LogP contribution >= 0.6 is 11.6 Å². The Labute approximate surface area is 120 Å². The molecule has 0 atom stereocenters. The standard InChI is InChI=1S/C13H12ClN3O3/c1-20-12-6-5-9(8-16-12)7-15-11-4-2-3-10(14)13(11)17(18)19/h2-6,8,15H,7H2,1H3. The van der Waals surface area contributed by atoms with E-state index in [1.54, 1.807) is 24.4 Å². The highest BCUT2D eigenvalue weighted by Crippen LogP contribution is 2.32. The molecule has 0 aliphatic rings. The third-order valence-electron chi connectivity index (χ3n) is 2.66. The fourth-order valence-corrected chi connectivity index (χ4v) is 1.92. The number of nitrogens with zero attached hydrogens (tertiary/aromatic N) is 2. The van der Waals surface area contributed by atoms with Crippen molar-refractivity contribution in [3.05, 3.63) is 57.2 Å². The lowest BCUT2D eigenvalue weighted by Crippen LogP contribution is -2.03. The van der Waals surface area contributed by atoms with Crippen molar-refractivity contribution in [2.24, 2.45) is 0 Å². The minimum Gasteiger partial charge on any atom is -0.481 e. The van der Waals surface area contributed by atoms with Crippen molar-refractivity contribution in [3.63, 3.8) is 0 Å². The summed E-state index contributed by atoms with van der Waals surface area (Å²) in [7, 11) is 1.54. The van der Waals surface area contributed by atoms with Gasteiger partial charge in [-0.25, -0.2) is 4.98 Å². The van der Waals surface area contributed by atoms with Gasteiger partial charge in [0.1, 0.15) is 10.7 Å². The highest BCUT2D eigenvalue weighted by molar-refractivity contribution is 6.33. The van der Waals surface area contributed by atoms with Crippen molar-refractivity contribution in [1.82, 2.24) is 4.98 Å². The second-order valence-corrected chi connectivity index (χ2v) is 4.36. The maximum absolute atomic E-state index is 11.0. The van der Waals surface area contributed by atoms with Crippen LogP contribution in [0.1, 0.15) is 5.56 Å². The molecule has 0 spiro atoms. The van der Waals surface area contributed by atoms with Gasteiger partial charge in [-0.1, -0.05) is 23.7 Å². The van der Waals surface area contributed by atoms with Gasteiger partial charge in [-0.3, -0.25) is 10.1 Å². The third kappa shape index (κ3) is 3.16. The maximum Gasteiger partial charge on any atom is 0.310 e. The second kappa shape index (κ2) is 6.21. The Balaban J connectivity index is 2.14. The lowest BCUT2D eigenvalue weighted by molar-refractivity contribution is -0.383. The van der Waals surface area contributed by atoms with Crippen LogP contribution in [-0.2, 0) is 6.54 Å². The van der Waals surface area contributed by atoms with Gasteiger partial charge in [-0.2, -0.15) is 0 Å². The Bertz CT molecular complexity index is 617. The molecular weight excluding hydrogens is 282 g/mol. The van der Waals surface area contributed by atoms with Crippen LogP contribution < -0.4 is 10.1 Å². The number of nitro groups is 1. The molecule has 0 radical (unpaired) electrons. The first-order chi connectivity index (χ1) is 9.61. The van der Waals surface area contributed by atoms with E-state index in [-0.39, 0.29) is 10.7 Å². The van der Waals surface area contributed by atoms with Crippen molar-refractivity contribution >= 4 is 23.0 Å². The summed E-state index contributed by atoms with van der Waals surface area (Å²) in [5.41, 5.74) is 1.12. The number of hydrogen-bond donors (Lipinski definition) is 1. The maximum atomic E-state index is 11.0.